The third-order valence-corrected chi connectivity index (χ3v) is 7.58. The second kappa shape index (κ2) is 8.65. The highest BCUT2D eigenvalue weighted by Gasteiger charge is 2.36. The number of aromatic nitrogens is 1. The number of aromatic amines is 1. The molecule has 1 atom stereocenters. The fourth-order valence-electron chi connectivity index (χ4n) is 4.36. The van der Waals surface area contributed by atoms with Crippen LogP contribution in [0.2, 0.25) is 10.0 Å². The Bertz CT molecular complexity index is 1500. The Hall–Kier alpha value is -3.00. The zero-order valence-corrected chi connectivity index (χ0v) is 20.4. The summed E-state index contributed by atoms with van der Waals surface area (Å²) in [5.74, 6) is 0.384. The Labute approximate surface area is 207 Å². The lowest BCUT2D eigenvalue weighted by molar-refractivity contribution is 0.135. The van der Waals surface area contributed by atoms with Crippen molar-refractivity contribution in [3.05, 3.63) is 93.6 Å². The molecule has 34 heavy (non-hydrogen) atoms. The number of amides is 1. The minimum absolute atomic E-state index is 0.214. The molecule has 6 nitrogen and oxygen atoms in total. The third kappa shape index (κ3) is 4.27. The lowest BCUT2D eigenvalue weighted by Crippen LogP contribution is -2.42. The molecular formula is C25H20Cl2N2O4S. The molecule has 1 aliphatic rings. The van der Waals surface area contributed by atoms with Crippen LogP contribution in [0.25, 0.3) is 10.9 Å². The first-order chi connectivity index (χ1) is 16.2. The first-order valence-electron chi connectivity index (χ1n) is 10.5. The lowest BCUT2D eigenvalue weighted by Gasteiger charge is -2.35. The average Bonchev–Trinajstić information content (AvgIpc) is 3.17. The highest BCUT2D eigenvalue weighted by atomic mass is 35.5. The molecule has 0 spiro atoms. The summed E-state index contributed by atoms with van der Waals surface area (Å²) >= 11 is 12.2. The van der Waals surface area contributed by atoms with Crippen LogP contribution >= 0.6 is 23.2 Å². The van der Waals surface area contributed by atoms with E-state index in [0.29, 0.717) is 28.8 Å². The number of nitrogens with zero attached hydrogens (tertiary/aromatic N) is 1. The van der Waals surface area contributed by atoms with Gasteiger partial charge in [-0.1, -0.05) is 35.3 Å². The second-order valence-electron chi connectivity index (χ2n) is 8.22. The molecule has 0 aliphatic carbocycles. The van der Waals surface area contributed by atoms with E-state index >= 15 is 0 Å². The van der Waals surface area contributed by atoms with Gasteiger partial charge in [-0.15, -0.1) is 0 Å². The van der Waals surface area contributed by atoms with Crippen LogP contribution in [0, 0.1) is 0 Å². The molecule has 0 radical (unpaired) electrons. The van der Waals surface area contributed by atoms with Crippen LogP contribution < -0.4 is 4.74 Å². The SMILES string of the molecule is CS(=O)(=O)c1ccc(C2c3[nH]c4ccc(Cl)cc4c3CCN2C(=O)Oc2ccc(Cl)cc2)cc1. The van der Waals surface area contributed by atoms with E-state index in [1.165, 1.54) is 0 Å². The number of rotatable bonds is 3. The first kappa shape index (κ1) is 22.8. The van der Waals surface area contributed by atoms with Crippen LogP contribution in [0.5, 0.6) is 5.75 Å². The smallest absolute Gasteiger partial charge is 0.410 e. The topological polar surface area (TPSA) is 79.5 Å². The number of H-pyrrole nitrogens is 1. The van der Waals surface area contributed by atoms with Gasteiger partial charge in [0.25, 0.3) is 0 Å². The summed E-state index contributed by atoms with van der Waals surface area (Å²) in [6, 6.07) is 18.3. The predicted molar refractivity (Wildman–Crippen MR) is 133 cm³/mol. The normalized spacial score (nSPS) is 15.9. The van der Waals surface area contributed by atoms with Gasteiger partial charge < -0.3 is 9.72 Å². The minimum Gasteiger partial charge on any atom is -0.410 e. The van der Waals surface area contributed by atoms with Gasteiger partial charge in [-0.2, -0.15) is 0 Å². The molecule has 1 amide bonds. The zero-order chi connectivity index (χ0) is 24.0. The number of hydrogen-bond donors (Lipinski definition) is 1. The van der Waals surface area contributed by atoms with Crippen molar-refractivity contribution in [1.29, 1.82) is 0 Å². The standard InChI is InChI=1S/C25H20Cl2N2O4S/c1-34(31,32)19-9-2-15(3-10-19)24-23-20(21-14-17(27)6-11-22(21)28-23)12-13-29(24)25(30)33-18-7-4-16(26)5-8-18/h2-11,14,24,28H,12-13H2,1H3. The number of carbonyl (C=O) groups excluding carboxylic acids is 1. The quantitative estimate of drug-likeness (QED) is 0.362. The molecule has 0 fully saturated rings. The summed E-state index contributed by atoms with van der Waals surface area (Å²) in [5, 5.41) is 2.18. The Morgan fingerprint density at radius 1 is 1.00 bits per heavy atom. The fraction of sp³-hybridized carbons (Fsp3) is 0.160. The molecule has 4 aromatic rings. The van der Waals surface area contributed by atoms with E-state index in [2.05, 4.69) is 4.98 Å². The Balaban J connectivity index is 1.59. The highest BCUT2D eigenvalue weighted by molar-refractivity contribution is 7.90. The Kier molecular flexibility index (Phi) is 5.80. The third-order valence-electron chi connectivity index (χ3n) is 5.97. The molecule has 2 heterocycles. The van der Waals surface area contributed by atoms with Crippen LogP contribution in [-0.2, 0) is 16.3 Å². The predicted octanol–water partition coefficient (Wildman–Crippen LogP) is 6.02. The maximum absolute atomic E-state index is 13.3. The molecule has 1 N–H and O–H groups in total. The lowest BCUT2D eigenvalue weighted by atomic mass is 9.93. The van der Waals surface area contributed by atoms with Gasteiger partial charge in [0.05, 0.1) is 4.90 Å². The molecule has 3 aromatic carbocycles. The van der Waals surface area contributed by atoms with Crippen LogP contribution in [-0.4, -0.2) is 37.2 Å². The van der Waals surface area contributed by atoms with Crippen molar-refractivity contribution in [3.63, 3.8) is 0 Å². The van der Waals surface area contributed by atoms with E-state index < -0.39 is 22.0 Å². The van der Waals surface area contributed by atoms with E-state index in [4.69, 9.17) is 27.9 Å². The van der Waals surface area contributed by atoms with Crippen molar-refractivity contribution >= 4 is 50.0 Å². The minimum atomic E-state index is -3.35. The molecule has 9 heteroatoms. The molecule has 1 aromatic heterocycles. The van der Waals surface area contributed by atoms with Crippen molar-refractivity contribution in [3.8, 4) is 5.75 Å². The van der Waals surface area contributed by atoms with Gasteiger partial charge in [0, 0.05) is 39.4 Å². The second-order valence-corrected chi connectivity index (χ2v) is 11.1. The van der Waals surface area contributed by atoms with Crippen molar-refractivity contribution < 1.29 is 17.9 Å². The summed E-state index contributed by atoms with van der Waals surface area (Å²) in [7, 11) is -3.35. The maximum atomic E-state index is 13.3. The number of sulfone groups is 1. The van der Waals surface area contributed by atoms with Gasteiger partial charge in [-0.25, -0.2) is 13.2 Å². The zero-order valence-electron chi connectivity index (χ0n) is 18.1. The van der Waals surface area contributed by atoms with Crippen molar-refractivity contribution in [2.24, 2.45) is 0 Å². The number of hydrogen-bond acceptors (Lipinski definition) is 4. The van der Waals surface area contributed by atoms with Crippen LogP contribution in [0.3, 0.4) is 0 Å². The average molecular weight is 515 g/mol. The molecule has 1 aliphatic heterocycles. The molecular weight excluding hydrogens is 495 g/mol. The monoisotopic (exact) mass is 514 g/mol. The number of carbonyl (C=O) groups is 1. The van der Waals surface area contributed by atoms with E-state index in [1.54, 1.807) is 53.4 Å². The Morgan fingerprint density at radius 3 is 2.35 bits per heavy atom. The van der Waals surface area contributed by atoms with E-state index in [9.17, 15) is 13.2 Å². The van der Waals surface area contributed by atoms with Gasteiger partial charge in [-0.3, -0.25) is 4.90 Å². The number of nitrogens with one attached hydrogen (secondary N) is 1. The van der Waals surface area contributed by atoms with E-state index in [0.717, 1.165) is 34.0 Å². The molecule has 0 bridgehead atoms. The van der Waals surface area contributed by atoms with Crippen molar-refractivity contribution in [2.45, 2.75) is 17.4 Å². The Morgan fingerprint density at radius 2 is 1.68 bits per heavy atom. The largest absolute Gasteiger partial charge is 0.416 e. The van der Waals surface area contributed by atoms with Gasteiger partial charge in [0.1, 0.15) is 11.8 Å². The summed E-state index contributed by atoms with van der Waals surface area (Å²) in [5.41, 5.74) is 3.60. The first-order valence-corrected chi connectivity index (χ1v) is 13.2. The molecule has 0 saturated heterocycles. The molecule has 0 saturated carbocycles. The maximum Gasteiger partial charge on any atom is 0.416 e. The summed E-state index contributed by atoms with van der Waals surface area (Å²) < 4.78 is 29.6. The molecule has 1 unspecified atom stereocenters. The highest BCUT2D eigenvalue weighted by Crippen LogP contribution is 2.39. The van der Waals surface area contributed by atoms with Crippen LogP contribution in [0.1, 0.15) is 22.9 Å². The van der Waals surface area contributed by atoms with E-state index in [1.807, 2.05) is 18.2 Å². The number of benzene rings is 3. The van der Waals surface area contributed by atoms with Crippen LogP contribution in [0.15, 0.2) is 71.6 Å². The van der Waals surface area contributed by atoms with Gasteiger partial charge in [0.2, 0.25) is 0 Å². The van der Waals surface area contributed by atoms with Crippen LogP contribution in [0.4, 0.5) is 4.79 Å². The molecule has 5 rings (SSSR count). The van der Waals surface area contributed by atoms with Gasteiger partial charge in [-0.05, 0) is 72.1 Å². The summed E-state index contributed by atoms with van der Waals surface area (Å²) in [4.78, 5) is 18.6. The van der Waals surface area contributed by atoms with Gasteiger partial charge >= 0.3 is 6.09 Å². The number of ether oxygens (including phenoxy) is 1. The number of fused-ring (bicyclic) bond motifs is 3. The van der Waals surface area contributed by atoms with Crippen molar-refractivity contribution in [2.75, 3.05) is 12.8 Å². The summed E-state index contributed by atoms with van der Waals surface area (Å²) in [6.45, 7) is 0.414. The number of halogens is 2. The summed E-state index contributed by atoms with van der Waals surface area (Å²) in [6.07, 6.45) is 1.27. The van der Waals surface area contributed by atoms with E-state index in [-0.39, 0.29) is 4.90 Å². The van der Waals surface area contributed by atoms with Crippen molar-refractivity contribution in [1.82, 2.24) is 9.88 Å². The fourth-order valence-corrected chi connectivity index (χ4v) is 5.29. The van der Waals surface area contributed by atoms with Gasteiger partial charge in [0.15, 0.2) is 9.84 Å². The molecule has 174 valence electrons.